The molecule has 0 aromatic rings. The smallest absolute Gasteiger partial charge is 0.0930 e. The molecule has 1 spiro atoms. The van der Waals surface area contributed by atoms with Crippen molar-refractivity contribution in [2.24, 2.45) is 5.92 Å². The molecular formula is C8H15NO. The summed E-state index contributed by atoms with van der Waals surface area (Å²) < 4.78 is 5.75. The van der Waals surface area contributed by atoms with Gasteiger partial charge < -0.3 is 10.1 Å². The molecular weight excluding hydrogens is 126 g/mol. The van der Waals surface area contributed by atoms with Gasteiger partial charge in [0.2, 0.25) is 0 Å². The Hall–Kier alpha value is -0.0800. The van der Waals surface area contributed by atoms with Crippen molar-refractivity contribution < 1.29 is 4.74 Å². The first kappa shape index (κ1) is 6.62. The third kappa shape index (κ3) is 0.956. The van der Waals surface area contributed by atoms with E-state index in [1.54, 1.807) is 0 Å². The standard InChI is InChI=1S/C8H15NO/c1-7-2-3-8(10-4-7)5-9-6-8/h7,9H,2-6H2,1H3/t7-/m1/s1. The fourth-order valence-corrected chi connectivity index (χ4v) is 1.67. The average molecular weight is 141 g/mol. The van der Waals surface area contributed by atoms with Gasteiger partial charge in [-0.2, -0.15) is 0 Å². The predicted octanol–water partition coefficient (Wildman–Crippen LogP) is 0.775. The largest absolute Gasteiger partial charge is 0.372 e. The van der Waals surface area contributed by atoms with Crippen molar-refractivity contribution in [1.82, 2.24) is 5.32 Å². The number of ether oxygens (including phenoxy) is 1. The first-order valence-electron chi connectivity index (χ1n) is 4.15. The Morgan fingerprint density at radius 3 is 2.70 bits per heavy atom. The van der Waals surface area contributed by atoms with Crippen molar-refractivity contribution in [3.05, 3.63) is 0 Å². The van der Waals surface area contributed by atoms with E-state index in [-0.39, 0.29) is 5.60 Å². The van der Waals surface area contributed by atoms with Gasteiger partial charge in [0.1, 0.15) is 0 Å². The van der Waals surface area contributed by atoms with Crippen LogP contribution < -0.4 is 5.32 Å². The molecule has 0 radical (unpaired) electrons. The van der Waals surface area contributed by atoms with E-state index in [4.69, 9.17) is 4.74 Å². The van der Waals surface area contributed by atoms with E-state index >= 15 is 0 Å². The molecule has 1 N–H and O–H groups in total. The predicted molar refractivity (Wildman–Crippen MR) is 40.0 cm³/mol. The van der Waals surface area contributed by atoms with Gasteiger partial charge >= 0.3 is 0 Å². The molecule has 0 unspecified atom stereocenters. The van der Waals surface area contributed by atoms with Gasteiger partial charge in [-0.1, -0.05) is 6.92 Å². The fraction of sp³-hybridized carbons (Fsp3) is 1.00. The van der Waals surface area contributed by atoms with Crippen molar-refractivity contribution in [1.29, 1.82) is 0 Å². The second kappa shape index (κ2) is 2.21. The van der Waals surface area contributed by atoms with Gasteiger partial charge in [0, 0.05) is 13.1 Å². The quantitative estimate of drug-likeness (QED) is 0.538. The minimum absolute atomic E-state index is 0.270. The highest BCUT2D eigenvalue weighted by Gasteiger charge is 2.40. The molecule has 1 atom stereocenters. The van der Waals surface area contributed by atoms with E-state index < -0.39 is 0 Å². The minimum Gasteiger partial charge on any atom is -0.372 e. The molecule has 2 saturated heterocycles. The van der Waals surface area contributed by atoms with Gasteiger partial charge in [0.25, 0.3) is 0 Å². The highest BCUT2D eigenvalue weighted by molar-refractivity contribution is 4.96. The molecule has 0 bridgehead atoms. The summed E-state index contributed by atoms with van der Waals surface area (Å²) in [5.74, 6) is 0.784. The highest BCUT2D eigenvalue weighted by Crippen LogP contribution is 2.30. The topological polar surface area (TPSA) is 21.3 Å². The lowest BCUT2D eigenvalue weighted by molar-refractivity contribution is -0.125. The van der Waals surface area contributed by atoms with E-state index in [1.165, 1.54) is 12.8 Å². The van der Waals surface area contributed by atoms with Crippen LogP contribution in [0.1, 0.15) is 19.8 Å². The maximum Gasteiger partial charge on any atom is 0.0930 e. The van der Waals surface area contributed by atoms with Crippen LogP contribution in [0.5, 0.6) is 0 Å². The van der Waals surface area contributed by atoms with Gasteiger partial charge in [-0.3, -0.25) is 0 Å². The summed E-state index contributed by atoms with van der Waals surface area (Å²) in [6, 6.07) is 0. The van der Waals surface area contributed by atoms with Crippen molar-refractivity contribution in [3.8, 4) is 0 Å². The van der Waals surface area contributed by atoms with Crippen molar-refractivity contribution in [3.63, 3.8) is 0 Å². The Kier molecular flexibility index (Phi) is 1.46. The van der Waals surface area contributed by atoms with Crippen LogP contribution in [0.4, 0.5) is 0 Å². The fourth-order valence-electron chi connectivity index (χ4n) is 1.67. The Balaban J connectivity index is 1.90. The lowest BCUT2D eigenvalue weighted by Gasteiger charge is -2.46. The highest BCUT2D eigenvalue weighted by atomic mass is 16.5. The number of hydrogen-bond acceptors (Lipinski definition) is 2. The molecule has 2 heteroatoms. The van der Waals surface area contributed by atoms with Crippen LogP contribution in [0.3, 0.4) is 0 Å². The summed E-state index contributed by atoms with van der Waals surface area (Å²) in [4.78, 5) is 0. The van der Waals surface area contributed by atoms with E-state index in [0.717, 1.165) is 25.6 Å². The second-order valence-electron chi connectivity index (χ2n) is 3.74. The molecule has 0 aliphatic carbocycles. The molecule has 58 valence electrons. The van der Waals surface area contributed by atoms with Crippen LogP contribution in [0, 0.1) is 5.92 Å². The van der Waals surface area contributed by atoms with Crippen LogP contribution >= 0.6 is 0 Å². The van der Waals surface area contributed by atoms with Crippen molar-refractivity contribution >= 4 is 0 Å². The monoisotopic (exact) mass is 141 g/mol. The zero-order valence-corrected chi connectivity index (χ0v) is 6.52. The Labute approximate surface area is 61.9 Å². The molecule has 0 aromatic carbocycles. The van der Waals surface area contributed by atoms with Gasteiger partial charge in [-0.25, -0.2) is 0 Å². The maximum atomic E-state index is 5.75. The van der Waals surface area contributed by atoms with Crippen LogP contribution in [0.2, 0.25) is 0 Å². The Morgan fingerprint density at radius 1 is 1.50 bits per heavy atom. The first-order chi connectivity index (χ1) is 4.81. The molecule has 10 heavy (non-hydrogen) atoms. The summed E-state index contributed by atoms with van der Waals surface area (Å²) in [6.07, 6.45) is 2.61. The van der Waals surface area contributed by atoms with E-state index in [9.17, 15) is 0 Å². The van der Waals surface area contributed by atoms with Gasteiger partial charge in [-0.05, 0) is 18.8 Å². The summed E-state index contributed by atoms with van der Waals surface area (Å²) in [5, 5.41) is 3.26. The number of rotatable bonds is 0. The van der Waals surface area contributed by atoms with Gasteiger partial charge in [0.05, 0.1) is 12.2 Å². The third-order valence-corrected chi connectivity index (χ3v) is 2.66. The van der Waals surface area contributed by atoms with Gasteiger partial charge in [0.15, 0.2) is 0 Å². The zero-order chi connectivity index (χ0) is 7.03. The molecule has 2 fully saturated rings. The Morgan fingerprint density at radius 2 is 2.30 bits per heavy atom. The molecule has 0 aromatic heterocycles. The van der Waals surface area contributed by atoms with Gasteiger partial charge in [-0.15, -0.1) is 0 Å². The molecule has 0 amide bonds. The summed E-state index contributed by atoms with van der Waals surface area (Å²) in [5.41, 5.74) is 0.270. The minimum atomic E-state index is 0.270. The normalized spacial score (nSPS) is 37.5. The number of nitrogens with one attached hydrogen (secondary N) is 1. The third-order valence-electron chi connectivity index (χ3n) is 2.66. The summed E-state index contributed by atoms with van der Waals surface area (Å²) >= 11 is 0. The zero-order valence-electron chi connectivity index (χ0n) is 6.52. The summed E-state index contributed by atoms with van der Waals surface area (Å²) in [6.45, 7) is 5.40. The van der Waals surface area contributed by atoms with Crippen LogP contribution in [0.15, 0.2) is 0 Å². The summed E-state index contributed by atoms with van der Waals surface area (Å²) in [7, 11) is 0. The number of hydrogen-bond donors (Lipinski definition) is 1. The first-order valence-corrected chi connectivity index (χ1v) is 4.15. The average Bonchev–Trinajstić information content (AvgIpc) is 1.86. The molecule has 2 nitrogen and oxygen atoms in total. The Bertz CT molecular complexity index is 121. The van der Waals surface area contributed by atoms with E-state index in [1.807, 2.05) is 0 Å². The lowest BCUT2D eigenvalue weighted by atomic mass is 9.85. The SMILES string of the molecule is C[C@@H]1CCC2(CNC2)OC1. The molecule has 2 aliphatic rings. The molecule has 2 heterocycles. The maximum absolute atomic E-state index is 5.75. The van der Waals surface area contributed by atoms with E-state index in [0.29, 0.717) is 0 Å². The van der Waals surface area contributed by atoms with Crippen LogP contribution in [-0.2, 0) is 4.74 Å². The molecule has 2 rings (SSSR count). The lowest BCUT2D eigenvalue weighted by Crippen LogP contribution is -2.62. The molecule has 2 aliphatic heterocycles. The van der Waals surface area contributed by atoms with Crippen molar-refractivity contribution in [2.75, 3.05) is 19.7 Å². The van der Waals surface area contributed by atoms with Crippen molar-refractivity contribution in [2.45, 2.75) is 25.4 Å². The molecule has 0 saturated carbocycles. The van der Waals surface area contributed by atoms with Crippen LogP contribution in [0.25, 0.3) is 0 Å². The second-order valence-corrected chi connectivity index (χ2v) is 3.74. The van der Waals surface area contributed by atoms with E-state index in [2.05, 4.69) is 12.2 Å². The van der Waals surface area contributed by atoms with Crippen LogP contribution in [-0.4, -0.2) is 25.3 Å².